The van der Waals surface area contributed by atoms with Crippen LogP contribution in [-0.2, 0) is 12.1 Å². The zero-order valence-corrected chi connectivity index (χ0v) is 15.3. The average Bonchev–Trinajstić information content (AvgIpc) is 3.18. The molecule has 0 spiro atoms. The van der Waals surface area contributed by atoms with Gasteiger partial charge >= 0.3 is 0 Å². The van der Waals surface area contributed by atoms with Crippen LogP contribution in [0.4, 0.5) is 0 Å². The van der Waals surface area contributed by atoms with E-state index in [1.54, 1.807) is 0 Å². The first-order chi connectivity index (χ1) is 13.2. The van der Waals surface area contributed by atoms with Crippen LogP contribution < -0.4 is 0 Å². The summed E-state index contributed by atoms with van der Waals surface area (Å²) in [6, 6.07) is 19.2. The van der Waals surface area contributed by atoms with Crippen molar-refractivity contribution in [2.75, 3.05) is 0 Å². The largest absolute Gasteiger partial charge is 0.383 e. The van der Waals surface area contributed by atoms with E-state index in [0.717, 1.165) is 25.7 Å². The summed E-state index contributed by atoms with van der Waals surface area (Å²) in [5, 5.41) is 24.6. The van der Waals surface area contributed by atoms with E-state index >= 15 is 0 Å². The molecule has 0 bridgehead atoms. The smallest absolute Gasteiger partial charge is 0.114 e. The summed E-state index contributed by atoms with van der Waals surface area (Å²) >= 11 is 0. The fourth-order valence-corrected chi connectivity index (χ4v) is 4.42. The third-order valence-corrected chi connectivity index (χ3v) is 5.90. The van der Waals surface area contributed by atoms with Gasteiger partial charge in [0.1, 0.15) is 11.3 Å². The van der Waals surface area contributed by atoms with Crippen molar-refractivity contribution in [1.29, 1.82) is 0 Å². The molecule has 4 heteroatoms. The highest BCUT2D eigenvalue weighted by atomic mass is 16.3. The van der Waals surface area contributed by atoms with E-state index in [4.69, 9.17) is 0 Å². The first-order valence-corrected chi connectivity index (χ1v) is 9.75. The number of hydrogen-bond donors (Lipinski definition) is 1. The van der Waals surface area contributed by atoms with E-state index in [9.17, 15) is 5.11 Å². The summed E-state index contributed by atoms with van der Waals surface area (Å²) in [5.41, 5.74) is 1.15. The Labute approximate surface area is 158 Å². The van der Waals surface area contributed by atoms with Crippen LogP contribution in [0.5, 0.6) is 0 Å². The number of benzene rings is 3. The zero-order valence-electron chi connectivity index (χ0n) is 15.3. The summed E-state index contributed by atoms with van der Waals surface area (Å²) in [6.07, 6.45) is 6.79. The van der Waals surface area contributed by atoms with Gasteiger partial charge in [-0.05, 0) is 46.0 Å². The molecule has 1 heterocycles. The summed E-state index contributed by atoms with van der Waals surface area (Å²) in [4.78, 5) is 0. The fraction of sp³-hybridized carbons (Fsp3) is 0.304. The van der Waals surface area contributed by atoms with Crippen LogP contribution in [0, 0.1) is 0 Å². The van der Waals surface area contributed by atoms with Gasteiger partial charge in [-0.3, -0.25) is 0 Å². The van der Waals surface area contributed by atoms with Crippen LogP contribution in [0.25, 0.3) is 21.5 Å². The third kappa shape index (κ3) is 2.90. The number of aliphatic hydroxyl groups is 1. The van der Waals surface area contributed by atoms with Crippen LogP contribution in [0.15, 0.2) is 60.8 Å². The average molecular weight is 357 g/mol. The van der Waals surface area contributed by atoms with Gasteiger partial charge in [0.25, 0.3) is 0 Å². The Hall–Kier alpha value is -2.72. The van der Waals surface area contributed by atoms with Gasteiger partial charge in [0.15, 0.2) is 0 Å². The molecule has 4 aromatic rings. The Morgan fingerprint density at radius 3 is 2.19 bits per heavy atom. The minimum Gasteiger partial charge on any atom is -0.383 e. The van der Waals surface area contributed by atoms with Crippen LogP contribution in [0.2, 0.25) is 0 Å². The Balaban J connectivity index is 1.58. The Bertz CT molecular complexity index is 1050. The zero-order chi connectivity index (χ0) is 18.3. The highest BCUT2D eigenvalue weighted by Gasteiger charge is 2.34. The van der Waals surface area contributed by atoms with Crippen molar-refractivity contribution in [3.8, 4) is 0 Å². The van der Waals surface area contributed by atoms with E-state index in [2.05, 4.69) is 64.9 Å². The molecule has 1 aliphatic carbocycles. The fourth-order valence-electron chi connectivity index (χ4n) is 4.42. The molecule has 0 atom stereocenters. The molecule has 4 nitrogen and oxygen atoms in total. The van der Waals surface area contributed by atoms with Gasteiger partial charge in [-0.15, -0.1) is 5.10 Å². The molecule has 1 aromatic heterocycles. The Kier molecular flexibility index (Phi) is 3.94. The number of fused-ring (bicyclic) bond motifs is 2. The number of rotatable bonds is 3. The normalized spacial score (nSPS) is 16.8. The van der Waals surface area contributed by atoms with Crippen LogP contribution >= 0.6 is 0 Å². The van der Waals surface area contributed by atoms with Crippen molar-refractivity contribution in [1.82, 2.24) is 15.0 Å². The van der Waals surface area contributed by atoms with E-state index in [1.165, 1.54) is 33.5 Å². The molecular weight excluding hydrogens is 334 g/mol. The molecule has 0 amide bonds. The van der Waals surface area contributed by atoms with Crippen LogP contribution in [-0.4, -0.2) is 20.1 Å². The predicted molar refractivity (Wildman–Crippen MR) is 108 cm³/mol. The summed E-state index contributed by atoms with van der Waals surface area (Å²) in [7, 11) is 0. The van der Waals surface area contributed by atoms with E-state index in [0.29, 0.717) is 12.2 Å². The lowest BCUT2D eigenvalue weighted by atomic mass is 9.83. The van der Waals surface area contributed by atoms with Crippen molar-refractivity contribution >= 4 is 21.5 Å². The maximum atomic E-state index is 10.9. The summed E-state index contributed by atoms with van der Waals surface area (Å²) in [5.74, 6) is 0. The molecule has 136 valence electrons. The topological polar surface area (TPSA) is 50.9 Å². The molecule has 1 fully saturated rings. The van der Waals surface area contributed by atoms with Crippen molar-refractivity contribution < 1.29 is 5.11 Å². The molecule has 1 N–H and O–H groups in total. The van der Waals surface area contributed by atoms with Gasteiger partial charge in [0, 0.05) is 0 Å². The summed E-state index contributed by atoms with van der Waals surface area (Å²) in [6.45, 7) is 0.644. The molecule has 0 saturated heterocycles. The minimum atomic E-state index is -0.808. The quantitative estimate of drug-likeness (QED) is 0.537. The van der Waals surface area contributed by atoms with Crippen molar-refractivity contribution in [3.05, 3.63) is 72.1 Å². The Morgan fingerprint density at radius 1 is 0.889 bits per heavy atom. The van der Waals surface area contributed by atoms with Gasteiger partial charge in [0.05, 0.1) is 12.7 Å². The maximum Gasteiger partial charge on any atom is 0.114 e. The first kappa shape index (κ1) is 16.5. The standard InChI is InChI=1S/C23H23N3O/c27-23(12-6-1-7-13-23)22-16-26(25-24-22)15-21-19-10-4-2-8-17(19)14-18-9-3-5-11-20(18)21/h2-5,8-11,14,16,27H,1,6-7,12-13,15H2. The van der Waals surface area contributed by atoms with Crippen molar-refractivity contribution in [3.63, 3.8) is 0 Å². The molecule has 0 aliphatic heterocycles. The molecule has 3 aromatic carbocycles. The second-order valence-corrected chi connectivity index (χ2v) is 7.69. The lowest BCUT2D eigenvalue weighted by molar-refractivity contribution is -0.00474. The molecule has 0 unspecified atom stereocenters. The van der Waals surface area contributed by atoms with Crippen molar-refractivity contribution in [2.45, 2.75) is 44.2 Å². The van der Waals surface area contributed by atoms with Crippen molar-refractivity contribution in [2.24, 2.45) is 0 Å². The van der Waals surface area contributed by atoms with Gasteiger partial charge in [0.2, 0.25) is 0 Å². The molecule has 0 radical (unpaired) electrons. The minimum absolute atomic E-state index is 0.644. The maximum absolute atomic E-state index is 10.9. The monoisotopic (exact) mass is 357 g/mol. The van der Waals surface area contributed by atoms with Gasteiger partial charge < -0.3 is 5.11 Å². The van der Waals surface area contributed by atoms with Crippen LogP contribution in [0.3, 0.4) is 0 Å². The lowest BCUT2D eigenvalue weighted by Gasteiger charge is -2.29. The Morgan fingerprint density at radius 2 is 1.52 bits per heavy atom. The van der Waals surface area contributed by atoms with Gasteiger partial charge in [-0.2, -0.15) is 0 Å². The lowest BCUT2D eigenvalue weighted by Crippen LogP contribution is -2.28. The number of nitrogens with zero attached hydrogens (tertiary/aromatic N) is 3. The molecular formula is C23H23N3O. The van der Waals surface area contributed by atoms with Gasteiger partial charge in [-0.1, -0.05) is 73.0 Å². The molecule has 27 heavy (non-hydrogen) atoms. The molecule has 1 aliphatic rings. The highest BCUT2D eigenvalue weighted by molar-refractivity contribution is 6.02. The van der Waals surface area contributed by atoms with Crippen LogP contribution in [0.1, 0.15) is 43.4 Å². The number of hydrogen-bond acceptors (Lipinski definition) is 3. The predicted octanol–water partition coefficient (Wildman–Crippen LogP) is 4.78. The SMILES string of the molecule is OC1(c2cn(Cc3c4ccccc4cc4ccccc34)nn2)CCCCC1. The van der Waals surface area contributed by atoms with E-state index < -0.39 is 5.60 Å². The highest BCUT2D eigenvalue weighted by Crippen LogP contribution is 2.36. The molecule has 1 saturated carbocycles. The summed E-state index contributed by atoms with van der Waals surface area (Å²) < 4.78 is 1.87. The van der Waals surface area contributed by atoms with E-state index in [-0.39, 0.29) is 0 Å². The van der Waals surface area contributed by atoms with Gasteiger partial charge in [-0.25, -0.2) is 4.68 Å². The second kappa shape index (κ2) is 6.46. The second-order valence-electron chi connectivity index (χ2n) is 7.69. The number of aromatic nitrogens is 3. The molecule has 5 rings (SSSR count). The van der Waals surface area contributed by atoms with E-state index in [1.807, 2.05) is 10.9 Å². The first-order valence-electron chi connectivity index (χ1n) is 9.75. The third-order valence-electron chi connectivity index (χ3n) is 5.90.